The van der Waals surface area contributed by atoms with Crippen LogP contribution in [0, 0.1) is 0 Å². The SMILES string of the molecule is c1sc(CNC2CC2)nc1COC1CCOCC1. The van der Waals surface area contributed by atoms with E-state index < -0.39 is 0 Å². The van der Waals surface area contributed by atoms with E-state index in [2.05, 4.69) is 15.7 Å². The van der Waals surface area contributed by atoms with E-state index in [1.807, 2.05) is 0 Å². The number of thiazole rings is 1. The summed E-state index contributed by atoms with van der Waals surface area (Å²) in [5.74, 6) is 0. The first-order chi connectivity index (χ1) is 8.90. The summed E-state index contributed by atoms with van der Waals surface area (Å²) >= 11 is 1.73. The number of hydrogen-bond acceptors (Lipinski definition) is 5. The predicted molar refractivity (Wildman–Crippen MR) is 70.6 cm³/mol. The van der Waals surface area contributed by atoms with E-state index in [-0.39, 0.29) is 0 Å². The van der Waals surface area contributed by atoms with Crippen molar-refractivity contribution < 1.29 is 9.47 Å². The van der Waals surface area contributed by atoms with Crippen LogP contribution in [-0.2, 0) is 22.6 Å². The van der Waals surface area contributed by atoms with Crippen LogP contribution in [0.1, 0.15) is 36.4 Å². The molecular formula is C13H20N2O2S. The molecule has 1 aliphatic carbocycles. The van der Waals surface area contributed by atoms with Gasteiger partial charge in [0.15, 0.2) is 0 Å². The van der Waals surface area contributed by atoms with Crippen LogP contribution in [0.15, 0.2) is 5.38 Å². The van der Waals surface area contributed by atoms with E-state index in [9.17, 15) is 0 Å². The number of nitrogens with one attached hydrogen (secondary N) is 1. The minimum Gasteiger partial charge on any atom is -0.381 e. The van der Waals surface area contributed by atoms with Crippen LogP contribution in [0.3, 0.4) is 0 Å². The van der Waals surface area contributed by atoms with E-state index >= 15 is 0 Å². The zero-order valence-corrected chi connectivity index (χ0v) is 11.4. The predicted octanol–water partition coefficient (Wildman–Crippen LogP) is 2.09. The molecule has 4 nitrogen and oxygen atoms in total. The maximum absolute atomic E-state index is 5.86. The van der Waals surface area contributed by atoms with Crippen molar-refractivity contribution in [3.63, 3.8) is 0 Å². The largest absolute Gasteiger partial charge is 0.381 e. The summed E-state index contributed by atoms with van der Waals surface area (Å²) in [6.45, 7) is 3.22. The first-order valence-corrected chi connectivity index (χ1v) is 7.64. The van der Waals surface area contributed by atoms with Crippen molar-refractivity contribution in [3.8, 4) is 0 Å². The molecule has 1 N–H and O–H groups in total. The van der Waals surface area contributed by atoms with Gasteiger partial charge in [-0.25, -0.2) is 4.98 Å². The molecule has 2 aliphatic rings. The summed E-state index contributed by atoms with van der Waals surface area (Å²) in [6.07, 6.45) is 5.03. The number of nitrogens with zero attached hydrogens (tertiary/aromatic N) is 1. The third-order valence-corrected chi connectivity index (χ3v) is 4.25. The van der Waals surface area contributed by atoms with Crippen LogP contribution in [0.2, 0.25) is 0 Å². The van der Waals surface area contributed by atoms with Crippen molar-refractivity contribution in [2.75, 3.05) is 13.2 Å². The van der Waals surface area contributed by atoms with Crippen molar-refractivity contribution in [3.05, 3.63) is 16.1 Å². The quantitative estimate of drug-likeness (QED) is 0.858. The molecule has 100 valence electrons. The van der Waals surface area contributed by atoms with Gasteiger partial charge in [0.05, 0.1) is 18.4 Å². The van der Waals surface area contributed by atoms with Gasteiger partial charge in [-0.15, -0.1) is 11.3 Å². The lowest BCUT2D eigenvalue weighted by atomic mass is 10.1. The van der Waals surface area contributed by atoms with Gasteiger partial charge in [-0.2, -0.15) is 0 Å². The van der Waals surface area contributed by atoms with Crippen molar-refractivity contribution in [1.82, 2.24) is 10.3 Å². The van der Waals surface area contributed by atoms with Crippen LogP contribution in [0.25, 0.3) is 0 Å². The molecule has 18 heavy (non-hydrogen) atoms. The molecule has 0 amide bonds. The molecule has 1 saturated carbocycles. The van der Waals surface area contributed by atoms with Crippen molar-refractivity contribution in [2.24, 2.45) is 0 Å². The van der Waals surface area contributed by atoms with Gasteiger partial charge in [-0.3, -0.25) is 0 Å². The second-order valence-corrected chi connectivity index (χ2v) is 5.95. The van der Waals surface area contributed by atoms with Crippen molar-refractivity contribution >= 4 is 11.3 Å². The lowest BCUT2D eigenvalue weighted by Gasteiger charge is -2.21. The van der Waals surface area contributed by atoms with Gasteiger partial charge in [-0.05, 0) is 25.7 Å². The molecule has 0 bridgehead atoms. The van der Waals surface area contributed by atoms with Gasteiger partial charge in [0.1, 0.15) is 5.01 Å². The lowest BCUT2D eigenvalue weighted by Crippen LogP contribution is -2.23. The Kier molecular flexibility index (Phi) is 4.25. The molecule has 1 aromatic rings. The van der Waals surface area contributed by atoms with Crippen molar-refractivity contribution in [2.45, 2.75) is 51.0 Å². The van der Waals surface area contributed by atoms with Crippen LogP contribution in [-0.4, -0.2) is 30.3 Å². The number of ether oxygens (including phenoxy) is 2. The smallest absolute Gasteiger partial charge is 0.107 e. The normalized spacial score (nSPS) is 21.3. The Labute approximate surface area is 112 Å². The van der Waals surface area contributed by atoms with E-state index in [4.69, 9.17) is 9.47 Å². The molecular weight excluding hydrogens is 248 g/mol. The average molecular weight is 268 g/mol. The third-order valence-electron chi connectivity index (χ3n) is 3.35. The Morgan fingerprint density at radius 1 is 1.33 bits per heavy atom. The molecule has 3 rings (SSSR count). The number of rotatable bonds is 6. The summed E-state index contributed by atoms with van der Waals surface area (Å²) in [6, 6.07) is 0.746. The van der Waals surface area contributed by atoms with Crippen LogP contribution < -0.4 is 5.32 Å². The maximum atomic E-state index is 5.86. The molecule has 1 aromatic heterocycles. The molecule has 2 heterocycles. The molecule has 0 radical (unpaired) electrons. The monoisotopic (exact) mass is 268 g/mol. The number of hydrogen-bond donors (Lipinski definition) is 1. The van der Waals surface area contributed by atoms with Crippen LogP contribution in [0.5, 0.6) is 0 Å². The standard InChI is InChI=1S/C13H20N2O2S/c1-2-10(1)14-7-13-15-11(9-18-13)8-17-12-3-5-16-6-4-12/h9-10,12,14H,1-8H2. The lowest BCUT2D eigenvalue weighted by molar-refractivity contribution is -0.0398. The van der Waals surface area contributed by atoms with E-state index in [0.717, 1.165) is 44.3 Å². The highest BCUT2D eigenvalue weighted by atomic mass is 32.1. The van der Waals surface area contributed by atoms with E-state index in [1.165, 1.54) is 17.8 Å². The molecule has 1 saturated heterocycles. The van der Waals surface area contributed by atoms with Gasteiger partial charge < -0.3 is 14.8 Å². The minimum atomic E-state index is 0.355. The summed E-state index contributed by atoms with van der Waals surface area (Å²) < 4.78 is 11.2. The Morgan fingerprint density at radius 3 is 2.94 bits per heavy atom. The first-order valence-electron chi connectivity index (χ1n) is 6.76. The molecule has 0 spiro atoms. The molecule has 1 aliphatic heterocycles. The highest BCUT2D eigenvalue weighted by Gasteiger charge is 2.20. The fourth-order valence-electron chi connectivity index (χ4n) is 2.06. The van der Waals surface area contributed by atoms with Gasteiger partial charge in [0.25, 0.3) is 0 Å². The van der Waals surface area contributed by atoms with Gasteiger partial charge in [0, 0.05) is 31.2 Å². The molecule has 0 aromatic carbocycles. The second-order valence-electron chi connectivity index (χ2n) is 5.01. The Morgan fingerprint density at radius 2 is 2.17 bits per heavy atom. The number of aromatic nitrogens is 1. The first kappa shape index (κ1) is 12.5. The van der Waals surface area contributed by atoms with Crippen LogP contribution >= 0.6 is 11.3 Å². The minimum absolute atomic E-state index is 0.355. The molecule has 0 atom stereocenters. The molecule has 2 fully saturated rings. The summed E-state index contributed by atoms with van der Waals surface area (Å²) in [5, 5.41) is 6.77. The highest BCUT2D eigenvalue weighted by molar-refractivity contribution is 7.09. The Hall–Kier alpha value is -0.490. The zero-order chi connectivity index (χ0) is 12.2. The highest BCUT2D eigenvalue weighted by Crippen LogP contribution is 2.20. The van der Waals surface area contributed by atoms with E-state index in [0.29, 0.717) is 12.7 Å². The zero-order valence-electron chi connectivity index (χ0n) is 10.6. The van der Waals surface area contributed by atoms with Crippen LogP contribution in [0.4, 0.5) is 0 Å². The van der Waals surface area contributed by atoms with Gasteiger partial charge in [0.2, 0.25) is 0 Å². The Balaban J connectivity index is 1.41. The van der Waals surface area contributed by atoms with E-state index in [1.54, 1.807) is 11.3 Å². The van der Waals surface area contributed by atoms with Crippen molar-refractivity contribution in [1.29, 1.82) is 0 Å². The topological polar surface area (TPSA) is 43.4 Å². The molecule has 0 unspecified atom stereocenters. The fourth-order valence-corrected chi connectivity index (χ4v) is 2.79. The maximum Gasteiger partial charge on any atom is 0.107 e. The fraction of sp³-hybridized carbons (Fsp3) is 0.769. The summed E-state index contributed by atoms with van der Waals surface area (Å²) in [7, 11) is 0. The second kappa shape index (κ2) is 6.10. The summed E-state index contributed by atoms with van der Waals surface area (Å²) in [4.78, 5) is 4.59. The van der Waals surface area contributed by atoms with Gasteiger partial charge >= 0.3 is 0 Å². The third kappa shape index (κ3) is 3.75. The van der Waals surface area contributed by atoms with Gasteiger partial charge in [-0.1, -0.05) is 0 Å². The summed E-state index contributed by atoms with van der Waals surface area (Å²) in [5.41, 5.74) is 1.07. The molecule has 5 heteroatoms. The average Bonchev–Trinajstić information content (AvgIpc) is 3.14. The Bertz CT molecular complexity index is 373.